The van der Waals surface area contributed by atoms with Crippen LogP contribution in [0.25, 0.3) is 0 Å². The minimum Gasteiger partial charge on any atom is -0.454 e. The smallest absolute Gasteiger partial charge is 0.251 e. The first kappa shape index (κ1) is 23.1. The minimum absolute atomic E-state index is 0.101. The monoisotopic (exact) mass is 456 g/mol. The second-order valence-corrected chi connectivity index (χ2v) is 9.09. The van der Waals surface area contributed by atoms with Gasteiger partial charge in [-0.3, -0.25) is 14.4 Å². The van der Waals surface area contributed by atoms with Crippen LogP contribution in [0.1, 0.15) is 43.5 Å². The van der Waals surface area contributed by atoms with E-state index in [4.69, 9.17) is 9.47 Å². The van der Waals surface area contributed by atoms with Crippen LogP contribution in [-0.2, 0) is 9.59 Å². The van der Waals surface area contributed by atoms with E-state index >= 15 is 0 Å². The fourth-order valence-corrected chi connectivity index (χ4v) is 4.97. The number of likely N-dealkylation sites (tertiary alicyclic amines) is 1. The molecular formula is C24H32N4O5. The zero-order valence-corrected chi connectivity index (χ0v) is 19.3. The van der Waals surface area contributed by atoms with Gasteiger partial charge < -0.3 is 30.3 Å². The van der Waals surface area contributed by atoms with Crippen molar-refractivity contribution in [2.24, 2.45) is 5.92 Å². The summed E-state index contributed by atoms with van der Waals surface area (Å²) in [5, 5.41) is 8.84. The number of fused-ring (bicyclic) bond motifs is 2. The van der Waals surface area contributed by atoms with E-state index in [1.54, 1.807) is 39.1 Å². The third-order valence-corrected chi connectivity index (χ3v) is 6.93. The van der Waals surface area contributed by atoms with Crippen LogP contribution in [0.15, 0.2) is 30.4 Å². The molecule has 9 heteroatoms. The van der Waals surface area contributed by atoms with Crippen LogP contribution in [0.3, 0.4) is 0 Å². The highest BCUT2D eigenvalue weighted by atomic mass is 16.7. The fourth-order valence-electron chi connectivity index (χ4n) is 4.97. The number of ether oxygens (including phenoxy) is 2. The Labute approximate surface area is 193 Å². The van der Waals surface area contributed by atoms with E-state index in [0.717, 1.165) is 19.3 Å². The first-order valence-electron chi connectivity index (χ1n) is 11.4. The number of nitrogens with one attached hydrogen (secondary N) is 3. The van der Waals surface area contributed by atoms with Crippen molar-refractivity contribution in [3.63, 3.8) is 0 Å². The number of rotatable bonds is 7. The first-order chi connectivity index (χ1) is 15.8. The van der Waals surface area contributed by atoms with Crippen molar-refractivity contribution in [2.75, 3.05) is 20.4 Å². The lowest BCUT2D eigenvalue weighted by Gasteiger charge is -2.33. The SMILES string of the molecule is C=C(C)[C@H](NC(=O)[C@H](C)NC)C(=O)N1CC[C@H]2CC[C@H](NC(=O)c3ccc4c(c3)OCO4)[C@H]21. The van der Waals surface area contributed by atoms with E-state index in [-0.39, 0.29) is 36.6 Å². The molecule has 9 nitrogen and oxygen atoms in total. The average Bonchev–Trinajstić information content (AvgIpc) is 3.52. The van der Waals surface area contributed by atoms with Gasteiger partial charge in [0.25, 0.3) is 5.91 Å². The van der Waals surface area contributed by atoms with E-state index in [9.17, 15) is 14.4 Å². The van der Waals surface area contributed by atoms with Crippen molar-refractivity contribution in [3.8, 4) is 11.5 Å². The average molecular weight is 457 g/mol. The molecule has 4 rings (SSSR count). The van der Waals surface area contributed by atoms with Crippen LogP contribution in [0.4, 0.5) is 0 Å². The Balaban J connectivity index is 1.47. The molecule has 2 aliphatic heterocycles. The van der Waals surface area contributed by atoms with Crippen LogP contribution in [-0.4, -0.2) is 67.2 Å². The summed E-state index contributed by atoms with van der Waals surface area (Å²) in [6.07, 6.45) is 2.63. The summed E-state index contributed by atoms with van der Waals surface area (Å²) >= 11 is 0. The van der Waals surface area contributed by atoms with Crippen molar-refractivity contribution in [2.45, 2.75) is 57.3 Å². The Morgan fingerprint density at radius 3 is 2.64 bits per heavy atom. The zero-order chi connectivity index (χ0) is 23.7. The molecule has 1 saturated heterocycles. The van der Waals surface area contributed by atoms with Gasteiger partial charge in [-0.2, -0.15) is 0 Å². The van der Waals surface area contributed by atoms with Gasteiger partial charge in [-0.25, -0.2) is 0 Å². The molecule has 0 spiro atoms. The predicted molar refractivity (Wildman–Crippen MR) is 122 cm³/mol. The third-order valence-electron chi connectivity index (χ3n) is 6.93. The molecule has 1 aliphatic carbocycles. The molecule has 3 amide bonds. The molecule has 3 N–H and O–H groups in total. The zero-order valence-electron chi connectivity index (χ0n) is 19.3. The number of carbonyl (C=O) groups is 3. The molecule has 0 aromatic heterocycles. The third kappa shape index (κ3) is 4.55. The van der Waals surface area contributed by atoms with Gasteiger partial charge in [-0.1, -0.05) is 6.58 Å². The standard InChI is InChI=1S/C24H32N4O5/c1-13(2)20(27-22(29)14(3)25-4)24(31)28-10-9-15-5-7-17(21(15)28)26-23(30)16-6-8-18-19(11-16)33-12-32-18/h6,8,11,14-15,17,20-21,25H,1,5,7,9-10,12H2,2-4H3,(H,26,30)(H,27,29)/t14-,15+,17-,20-,21-/m0/s1. The Hall–Kier alpha value is -3.07. The van der Waals surface area contributed by atoms with Crippen molar-refractivity contribution >= 4 is 17.7 Å². The first-order valence-corrected chi connectivity index (χ1v) is 11.4. The van der Waals surface area contributed by atoms with Gasteiger partial charge in [0.2, 0.25) is 18.6 Å². The summed E-state index contributed by atoms with van der Waals surface area (Å²) < 4.78 is 10.7. The molecule has 5 atom stereocenters. The number of hydrogen-bond donors (Lipinski definition) is 3. The molecule has 0 radical (unpaired) electrons. The molecule has 1 aromatic rings. The highest BCUT2D eigenvalue weighted by Gasteiger charge is 2.48. The Kier molecular flexibility index (Phi) is 6.60. The highest BCUT2D eigenvalue weighted by Crippen LogP contribution is 2.39. The van der Waals surface area contributed by atoms with Crippen molar-refractivity contribution < 1.29 is 23.9 Å². The van der Waals surface area contributed by atoms with Crippen molar-refractivity contribution in [1.82, 2.24) is 20.9 Å². The van der Waals surface area contributed by atoms with E-state index in [1.165, 1.54) is 0 Å². The lowest BCUT2D eigenvalue weighted by molar-refractivity contribution is -0.136. The summed E-state index contributed by atoms with van der Waals surface area (Å²) in [6.45, 7) is 8.17. The maximum atomic E-state index is 13.5. The van der Waals surface area contributed by atoms with Gasteiger partial charge in [0.05, 0.1) is 12.1 Å². The number of benzene rings is 1. The van der Waals surface area contributed by atoms with Gasteiger partial charge >= 0.3 is 0 Å². The number of hydrogen-bond acceptors (Lipinski definition) is 6. The lowest BCUT2D eigenvalue weighted by atomic mass is 10.0. The molecule has 1 saturated carbocycles. The van der Waals surface area contributed by atoms with E-state index in [0.29, 0.717) is 35.1 Å². The van der Waals surface area contributed by atoms with Gasteiger partial charge in [-0.05, 0) is 69.8 Å². The van der Waals surface area contributed by atoms with E-state index < -0.39 is 12.1 Å². The van der Waals surface area contributed by atoms with Gasteiger partial charge in [0.15, 0.2) is 11.5 Å². The lowest BCUT2D eigenvalue weighted by Crippen LogP contribution is -2.57. The second kappa shape index (κ2) is 9.43. The molecule has 0 unspecified atom stereocenters. The number of carbonyl (C=O) groups excluding carboxylic acids is 3. The summed E-state index contributed by atoms with van der Waals surface area (Å²) in [5.41, 5.74) is 1.07. The maximum absolute atomic E-state index is 13.5. The second-order valence-electron chi connectivity index (χ2n) is 9.09. The fraction of sp³-hybridized carbons (Fsp3) is 0.542. The minimum atomic E-state index is -0.794. The van der Waals surface area contributed by atoms with Gasteiger partial charge in [-0.15, -0.1) is 0 Å². The Bertz CT molecular complexity index is 964. The number of likely N-dealkylation sites (N-methyl/N-ethyl adjacent to an activating group) is 1. The van der Waals surface area contributed by atoms with Gasteiger partial charge in [0.1, 0.15) is 6.04 Å². The molecule has 0 bridgehead atoms. The van der Waals surface area contributed by atoms with Crippen LogP contribution in [0.2, 0.25) is 0 Å². The quantitative estimate of drug-likeness (QED) is 0.532. The summed E-state index contributed by atoms with van der Waals surface area (Å²) in [4.78, 5) is 40.7. The molecule has 2 fully saturated rings. The Morgan fingerprint density at radius 1 is 1.15 bits per heavy atom. The van der Waals surface area contributed by atoms with Crippen LogP contribution in [0.5, 0.6) is 11.5 Å². The van der Waals surface area contributed by atoms with E-state index in [2.05, 4.69) is 22.5 Å². The largest absolute Gasteiger partial charge is 0.454 e. The topological polar surface area (TPSA) is 109 Å². The predicted octanol–water partition coefficient (Wildman–Crippen LogP) is 1.19. The molecule has 3 aliphatic rings. The Morgan fingerprint density at radius 2 is 1.91 bits per heavy atom. The van der Waals surface area contributed by atoms with Crippen LogP contribution < -0.4 is 25.4 Å². The normalized spacial score (nSPS) is 24.7. The summed E-state index contributed by atoms with van der Waals surface area (Å²) in [5.74, 6) is 0.880. The van der Waals surface area contributed by atoms with E-state index in [1.807, 2.05) is 4.90 Å². The summed E-state index contributed by atoms with van der Waals surface area (Å²) in [7, 11) is 1.69. The van der Waals surface area contributed by atoms with Crippen LogP contribution in [0, 0.1) is 5.92 Å². The number of amides is 3. The molecule has 178 valence electrons. The number of nitrogens with zero attached hydrogens (tertiary/aromatic N) is 1. The van der Waals surface area contributed by atoms with Crippen molar-refractivity contribution in [1.29, 1.82) is 0 Å². The van der Waals surface area contributed by atoms with Crippen molar-refractivity contribution in [3.05, 3.63) is 35.9 Å². The molecular weight excluding hydrogens is 424 g/mol. The molecule has 2 heterocycles. The summed E-state index contributed by atoms with van der Waals surface area (Å²) in [6, 6.07) is 3.64. The molecule has 33 heavy (non-hydrogen) atoms. The highest BCUT2D eigenvalue weighted by molar-refractivity contribution is 5.95. The molecule has 1 aromatic carbocycles. The van der Waals surface area contributed by atoms with Gasteiger partial charge in [0, 0.05) is 18.2 Å². The maximum Gasteiger partial charge on any atom is 0.251 e. The van der Waals surface area contributed by atoms with Crippen LogP contribution >= 0.6 is 0 Å².